The maximum Gasteiger partial charge on any atom is 0.127 e. The largest absolute Gasteiger partial charge is 0.127 e. The van der Waals surface area contributed by atoms with E-state index in [9.17, 15) is 0 Å². The standard InChI is InChI=1S/C9H21B3/c1-7-10(4)8(2)12(6)9(3)11(7)5/h7-9H,1-6H3. The zero-order chi connectivity index (χ0) is 9.46. The number of rotatable bonds is 0. The lowest BCUT2D eigenvalue weighted by atomic mass is 8.99. The molecule has 0 aliphatic carbocycles. The van der Waals surface area contributed by atoms with Crippen molar-refractivity contribution >= 4 is 20.1 Å². The van der Waals surface area contributed by atoms with Crippen LogP contribution in [-0.4, -0.2) is 20.1 Å². The van der Waals surface area contributed by atoms with Gasteiger partial charge >= 0.3 is 0 Å². The predicted octanol–water partition coefficient (Wildman–Crippen LogP) is 3.16. The monoisotopic (exact) mass is 162 g/mol. The van der Waals surface area contributed by atoms with E-state index in [0.29, 0.717) is 0 Å². The molecular weight excluding hydrogens is 141 g/mol. The minimum Gasteiger partial charge on any atom is -0.0868 e. The highest BCUT2D eigenvalue weighted by atomic mass is 14.0. The van der Waals surface area contributed by atoms with E-state index in [1.807, 2.05) is 0 Å². The highest BCUT2D eigenvalue weighted by Crippen LogP contribution is 2.40. The molecule has 0 atom stereocenters. The van der Waals surface area contributed by atoms with E-state index in [-0.39, 0.29) is 0 Å². The highest BCUT2D eigenvalue weighted by molar-refractivity contribution is 6.98. The predicted molar refractivity (Wildman–Crippen MR) is 63.1 cm³/mol. The van der Waals surface area contributed by atoms with Gasteiger partial charge in [0.05, 0.1) is 0 Å². The van der Waals surface area contributed by atoms with E-state index in [1.54, 1.807) is 0 Å². The van der Waals surface area contributed by atoms with E-state index in [4.69, 9.17) is 0 Å². The molecule has 1 heterocycles. The van der Waals surface area contributed by atoms with Gasteiger partial charge in [0.15, 0.2) is 0 Å². The van der Waals surface area contributed by atoms with E-state index in [2.05, 4.69) is 41.2 Å². The number of hydrogen-bond acceptors (Lipinski definition) is 0. The summed E-state index contributed by atoms with van der Waals surface area (Å²) < 4.78 is 0. The molecule has 66 valence electrons. The minimum atomic E-state index is 0.909. The van der Waals surface area contributed by atoms with Crippen molar-refractivity contribution in [3.05, 3.63) is 0 Å². The fraction of sp³-hybridized carbons (Fsp3) is 1.00. The Hall–Kier alpha value is 0.195. The molecule has 0 N–H and O–H groups in total. The molecule has 1 rings (SSSR count). The van der Waals surface area contributed by atoms with Crippen LogP contribution < -0.4 is 0 Å². The molecule has 1 saturated heterocycles. The zero-order valence-corrected chi connectivity index (χ0v) is 9.46. The Morgan fingerprint density at radius 2 is 0.750 bits per heavy atom. The first-order valence-corrected chi connectivity index (χ1v) is 5.46. The summed E-state index contributed by atoms with van der Waals surface area (Å²) in [6.45, 7) is 17.3. The molecule has 0 saturated carbocycles. The molecule has 1 aliphatic heterocycles. The lowest BCUT2D eigenvalue weighted by Crippen LogP contribution is -2.48. The van der Waals surface area contributed by atoms with Gasteiger partial charge in [0.2, 0.25) is 0 Å². The van der Waals surface area contributed by atoms with E-state index < -0.39 is 0 Å². The second kappa shape index (κ2) is 3.51. The average molecular weight is 162 g/mol. The Kier molecular flexibility index (Phi) is 3.01. The second-order valence-corrected chi connectivity index (χ2v) is 5.15. The topological polar surface area (TPSA) is 0 Å². The van der Waals surface area contributed by atoms with Gasteiger partial charge in [-0.2, -0.15) is 0 Å². The molecule has 0 bridgehead atoms. The van der Waals surface area contributed by atoms with Gasteiger partial charge in [-0.15, -0.1) is 0 Å². The van der Waals surface area contributed by atoms with E-state index >= 15 is 0 Å². The molecule has 3 heteroatoms. The SMILES string of the molecule is CB1C(C)B(C)C(C)B(C)C1C. The molecule has 0 spiro atoms. The van der Waals surface area contributed by atoms with Crippen molar-refractivity contribution in [2.24, 2.45) is 0 Å². The quantitative estimate of drug-likeness (QED) is 0.479. The lowest BCUT2D eigenvalue weighted by Gasteiger charge is -2.41. The maximum absolute atomic E-state index is 2.42. The maximum atomic E-state index is 2.42. The third kappa shape index (κ3) is 1.47. The van der Waals surface area contributed by atoms with Crippen molar-refractivity contribution in [3.63, 3.8) is 0 Å². The van der Waals surface area contributed by atoms with E-state index in [1.165, 1.54) is 0 Å². The summed E-state index contributed by atoms with van der Waals surface area (Å²) in [6, 6.07) is 0. The van der Waals surface area contributed by atoms with Crippen LogP contribution in [0.2, 0.25) is 37.6 Å². The normalized spacial score (nSPS) is 37.5. The van der Waals surface area contributed by atoms with Crippen molar-refractivity contribution in [3.8, 4) is 0 Å². The summed E-state index contributed by atoms with van der Waals surface area (Å²) in [4.78, 5) is 0. The van der Waals surface area contributed by atoms with Gasteiger partial charge in [-0.1, -0.05) is 58.4 Å². The van der Waals surface area contributed by atoms with Crippen LogP contribution in [-0.2, 0) is 0 Å². The summed E-state index contributed by atoms with van der Waals surface area (Å²) in [6.07, 6.45) is 0. The number of hydrogen-bond donors (Lipinski definition) is 0. The van der Waals surface area contributed by atoms with Crippen LogP contribution >= 0.6 is 0 Å². The first-order valence-electron chi connectivity index (χ1n) is 5.46. The third-order valence-corrected chi connectivity index (χ3v) is 4.98. The summed E-state index contributed by atoms with van der Waals surface area (Å²) >= 11 is 0. The van der Waals surface area contributed by atoms with E-state index in [0.717, 1.165) is 37.3 Å². The van der Waals surface area contributed by atoms with Crippen LogP contribution in [0.3, 0.4) is 0 Å². The molecule has 1 fully saturated rings. The van der Waals surface area contributed by atoms with Crippen LogP contribution in [0.5, 0.6) is 0 Å². The van der Waals surface area contributed by atoms with Crippen LogP contribution in [0.15, 0.2) is 0 Å². The molecular formula is C9H21B3. The van der Waals surface area contributed by atoms with Gasteiger partial charge in [-0.05, 0) is 0 Å². The molecule has 0 nitrogen and oxygen atoms in total. The Morgan fingerprint density at radius 3 is 0.917 bits per heavy atom. The van der Waals surface area contributed by atoms with Gasteiger partial charge in [0, 0.05) is 0 Å². The first-order chi connectivity index (χ1) is 5.46. The molecule has 0 aromatic carbocycles. The highest BCUT2D eigenvalue weighted by Gasteiger charge is 2.43. The fourth-order valence-electron chi connectivity index (χ4n) is 2.87. The Balaban J connectivity index is 2.76. The smallest absolute Gasteiger partial charge is 0.0868 e. The zero-order valence-electron chi connectivity index (χ0n) is 9.46. The lowest BCUT2D eigenvalue weighted by molar-refractivity contribution is 1.04. The van der Waals surface area contributed by atoms with Crippen LogP contribution in [0.25, 0.3) is 0 Å². The van der Waals surface area contributed by atoms with Crippen LogP contribution in [0.1, 0.15) is 20.8 Å². The summed E-state index contributed by atoms with van der Waals surface area (Å²) in [5, 5.41) is 0. The fourth-order valence-corrected chi connectivity index (χ4v) is 2.87. The molecule has 0 aromatic heterocycles. The average Bonchev–Trinajstić information content (AvgIpc) is 2.08. The Labute approximate surface area is 79.1 Å². The van der Waals surface area contributed by atoms with Crippen LogP contribution in [0.4, 0.5) is 0 Å². The molecule has 0 amide bonds. The first kappa shape index (κ1) is 10.3. The minimum absolute atomic E-state index is 0.909. The van der Waals surface area contributed by atoms with Gasteiger partial charge < -0.3 is 0 Å². The third-order valence-electron chi connectivity index (χ3n) is 4.98. The summed E-state index contributed by atoms with van der Waals surface area (Å²) in [5.41, 5.74) is 2.73. The second-order valence-electron chi connectivity index (χ2n) is 5.15. The van der Waals surface area contributed by atoms with Crippen molar-refractivity contribution in [2.75, 3.05) is 0 Å². The van der Waals surface area contributed by atoms with Gasteiger partial charge in [0.1, 0.15) is 20.1 Å². The summed E-state index contributed by atoms with van der Waals surface area (Å²) in [7, 11) is 0. The van der Waals surface area contributed by atoms with Crippen molar-refractivity contribution < 1.29 is 0 Å². The van der Waals surface area contributed by atoms with Crippen molar-refractivity contribution in [2.45, 2.75) is 58.4 Å². The van der Waals surface area contributed by atoms with Crippen molar-refractivity contribution in [1.29, 1.82) is 0 Å². The Bertz CT molecular complexity index is 101. The van der Waals surface area contributed by atoms with Gasteiger partial charge in [-0.25, -0.2) is 0 Å². The van der Waals surface area contributed by atoms with Gasteiger partial charge in [0.25, 0.3) is 0 Å². The molecule has 12 heavy (non-hydrogen) atoms. The van der Waals surface area contributed by atoms with Crippen LogP contribution in [0, 0.1) is 0 Å². The molecule has 0 unspecified atom stereocenters. The summed E-state index contributed by atoms with van der Waals surface area (Å²) in [5.74, 6) is 0. The van der Waals surface area contributed by atoms with Crippen molar-refractivity contribution in [1.82, 2.24) is 0 Å². The Morgan fingerprint density at radius 1 is 0.583 bits per heavy atom. The molecule has 0 aromatic rings. The molecule has 1 aliphatic rings. The van der Waals surface area contributed by atoms with Gasteiger partial charge in [-0.3, -0.25) is 0 Å². The molecule has 0 radical (unpaired) electrons.